The summed E-state index contributed by atoms with van der Waals surface area (Å²) in [6, 6.07) is 55.1. The number of benzene rings is 8. The fraction of sp³-hybridized carbons (Fsp3) is 0.176. The van der Waals surface area contributed by atoms with Crippen LogP contribution in [-0.4, -0.2) is 0 Å². The average Bonchev–Trinajstić information content (AvgIpc) is 3.13. The van der Waals surface area contributed by atoms with Gasteiger partial charge in [0.25, 0.3) is 0 Å². The van der Waals surface area contributed by atoms with Crippen LogP contribution >= 0.6 is 0 Å². The molecule has 0 unspecified atom stereocenters. The van der Waals surface area contributed by atoms with Gasteiger partial charge in [-0.2, -0.15) is 0 Å². The Kier molecular flexibility index (Phi) is 8.15. The minimum Gasteiger partial charge on any atom is -0.0622 e. The number of aryl methyl sites for hydroxylation is 2. The third-order valence-corrected chi connectivity index (χ3v) is 10.7. The maximum absolute atomic E-state index is 2.42. The molecule has 0 atom stereocenters. The first-order chi connectivity index (χ1) is 24.6. The van der Waals surface area contributed by atoms with Crippen LogP contribution in [0.15, 0.2) is 146 Å². The van der Waals surface area contributed by atoms with Crippen molar-refractivity contribution in [2.24, 2.45) is 0 Å². The van der Waals surface area contributed by atoms with Crippen LogP contribution in [0, 0.1) is 13.8 Å². The second-order valence-corrected chi connectivity index (χ2v) is 15.7. The van der Waals surface area contributed by atoms with Crippen molar-refractivity contribution in [3.8, 4) is 44.5 Å². The molecule has 0 aliphatic carbocycles. The quantitative estimate of drug-likeness (QED) is 0.161. The molecule has 0 heterocycles. The first kappa shape index (κ1) is 32.7. The van der Waals surface area contributed by atoms with E-state index in [4.69, 9.17) is 0 Å². The van der Waals surface area contributed by atoms with Gasteiger partial charge in [-0.15, -0.1) is 0 Å². The molecule has 0 amide bonds. The Bertz CT molecular complexity index is 2540. The molecule has 8 aromatic carbocycles. The van der Waals surface area contributed by atoms with E-state index in [0.717, 1.165) is 0 Å². The van der Waals surface area contributed by atoms with E-state index in [2.05, 4.69) is 194 Å². The van der Waals surface area contributed by atoms with Crippen molar-refractivity contribution >= 4 is 32.3 Å². The smallest absolute Gasteiger partial charge is 0.000139 e. The molecule has 0 aromatic heterocycles. The van der Waals surface area contributed by atoms with E-state index < -0.39 is 0 Å². The zero-order valence-corrected chi connectivity index (χ0v) is 30.9. The molecule has 8 aromatic rings. The first-order valence-electron chi connectivity index (χ1n) is 18.4. The maximum Gasteiger partial charge on any atom is -0.000139 e. The van der Waals surface area contributed by atoms with Gasteiger partial charge in [0.05, 0.1) is 0 Å². The Balaban J connectivity index is 1.71. The Hall–Kier alpha value is -5.46. The Morgan fingerprint density at radius 2 is 0.765 bits per heavy atom. The van der Waals surface area contributed by atoms with Gasteiger partial charge in [-0.1, -0.05) is 191 Å². The third-order valence-electron chi connectivity index (χ3n) is 10.7. The fourth-order valence-electron chi connectivity index (χ4n) is 8.04. The van der Waals surface area contributed by atoms with Crippen LogP contribution in [0.3, 0.4) is 0 Å². The Morgan fingerprint density at radius 3 is 1.16 bits per heavy atom. The van der Waals surface area contributed by atoms with E-state index in [0.29, 0.717) is 5.92 Å². The molecule has 0 aliphatic rings. The standard InChI is InChI=1S/C51H46/c1-32(2)35-20-22-38(23-21-35)47-43-30-33(3)18-28-41(43)46(37-16-12-9-13-17-37)50-48(39-24-26-40(27-25-39)51(5,6)7)44-31-34(4)19-29-42(44)45(49(47)50)36-14-10-8-11-15-36/h8-32H,1-7H3. The Morgan fingerprint density at radius 1 is 0.392 bits per heavy atom. The lowest BCUT2D eigenvalue weighted by molar-refractivity contribution is 0.590. The minimum atomic E-state index is 0.0645. The molecule has 0 radical (unpaired) electrons. The molecule has 0 bridgehead atoms. The molecule has 0 spiro atoms. The van der Waals surface area contributed by atoms with Gasteiger partial charge in [-0.25, -0.2) is 0 Å². The number of hydrogen-bond donors (Lipinski definition) is 0. The van der Waals surface area contributed by atoms with Crippen LogP contribution < -0.4 is 0 Å². The summed E-state index contributed by atoms with van der Waals surface area (Å²) < 4.78 is 0. The van der Waals surface area contributed by atoms with Crippen molar-refractivity contribution in [1.82, 2.24) is 0 Å². The summed E-state index contributed by atoms with van der Waals surface area (Å²) in [5.74, 6) is 0.463. The first-order valence-corrected chi connectivity index (χ1v) is 18.4. The van der Waals surface area contributed by atoms with Gasteiger partial charge in [0.15, 0.2) is 0 Å². The lowest BCUT2D eigenvalue weighted by Gasteiger charge is -2.26. The largest absolute Gasteiger partial charge is 0.0622 e. The molecule has 0 saturated carbocycles. The van der Waals surface area contributed by atoms with Gasteiger partial charge < -0.3 is 0 Å². The molecule has 0 nitrogen and oxygen atoms in total. The van der Waals surface area contributed by atoms with E-state index in [1.165, 1.54) is 99.1 Å². The number of rotatable bonds is 5. The highest BCUT2D eigenvalue weighted by Crippen LogP contribution is 2.54. The molecule has 51 heavy (non-hydrogen) atoms. The van der Waals surface area contributed by atoms with Crippen molar-refractivity contribution in [2.75, 3.05) is 0 Å². The van der Waals surface area contributed by atoms with Crippen LogP contribution in [-0.2, 0) is 5.41 Å². The molecule has 0 saturated heterocycles. The minimum absolute atomic E-state index is 0.0645. The van der Waals surface area contributed by atoms with Gasteiger partial charge in [0.2, 0.25) is 0 Å². The Labute approximate surface area is 303 Å². The van der Waals surface area contributed by atoms with Crippen LogP contribution in [0.1, 0.15) is 62.8 Å². The molecule has 0 N–H and O–H groups in total. The monoisotopic (exact) mass is 658 g/mol. The highest BCUT2D eigenvalue weighted by atomic mass is 14.3. The maximum atomic E-state index is 2.42. The zero-order valence-electron chi connectivity index (χ0n) is 30.9. The highest BCUT2D eigenvalue weighted by Gasteiger charge is 2.26. The van der Waals surface area contributed by atoms with E-state index in [1.54, 1.807) is 0 Å². The van der Waals surface area contributed by atoms with Crippen LogP contribution in [0.5, 0.6) is 0 Å². The lowest BCUT2D eigenvalue weighted by atomic mass is 9.77. The second-order valence-electron chi connectivity index (χ2n) is 15.7. The summed E-state index contributed by atoms with van der Waals surface area (Å²) in [6.07, 6.45) is 0. The zero-order chi connectivity index (χ0) is 35.4. The van der Waals surface area contributed by atoms with Crippen LogP contribution in [0.2, 0.25) is 0 Å². The normalized spacial score (nSPS) is 12.0. The van der Waals surface area contributed by atoms with Crippen molar-refractivity contribution in [2.45, 2.75) is 59.8 Å². The summed E-state index contributed by atoms with van der Waals surface area (Å²) >= 11 is 0. The third kappa shape index (κ3) is 5.74. The molecular formula is C51H46. The van der Waals surface area contributed by atoms with Crippen LogP contribution in [0.25, 0.3) is 76.8 Å². The lowest BCUT2D eigenvalue weighted by Crippen LogP contribution is -2.10. The van der Waals surface area contributed by atoms with Gasteiger partial charge in [0.1, 0.15) is 0 Å². The van der Waals surface area contributed by atoms with E-state index >= 15 is 0 Å². The topological polar surface area (TPSA) is 0 Å². The van der Waals surface area contributed by atoms with Gasteiger partial charge in [-0.3, -0.25) is 0 Å². The SMILES string of the molecule is Cc1ccc2c(-c3ccccc3)c3c(-c4ccc(C(C)C)cc4)c4cc(C)ccc4c(-c4ccccc4)c3c(-c3ccc(C(C)(C)C)cc3)c2c1. The molecule has 8 rings (SSSR count). The van der Waals surface area contributed by atoms with Gasteiger partial charge in [0, 0.05) is 0 Å². The highest BCUT2D eigenvalue weighted by molar-refractivity contribution is 6.33. The summed E-state index contributed by atoms with van der Waals surface area (Å²) in [6.45, 7) is 15.9. The number of hydrogen-bond acceptors (Lipinski definition) is 0. The summed E-state index contributed by atoms with van der Waals surface area (Å²) in [4.78, 5) is 0. The second kappa shape index (κ2) is 12.7. The van der Waals surface area contributed by atoms with Crippen molar-refractivity contribution < 1.29 is 0 Å². The van der Waals surface area contributed by atoms with E-state index in [9.17, 15) is 0 Å². The van der Waals surface area contributed by atoms with E-state index in [-0.39, 0.29) is 5.41 Å². The molecular weight excluding hydrogens is 613 g/mol. The summed E-state index contributed by atoms with van der Waals surface area (Å²) in [5.41, 5.74) is 15.4. The van der Waals surface area contributed by atoms with Crippen molar-refractivity contribution in [3.63, 3.8) is 0 Å². The summed E-state index contributed by atoms with van der Waals surface area (Å²) in [7, 11) is 0. The molecule has 0 heteroatoms. The molecule has 250 valence electrons. The van der Waals surface area contributed by atoms with E-state index in [1.807, 2.05) is 0 Å². The molecule has 0 aliphatic heterocycles. The predicted octanol–water partition coefficient (Wildman–Crippen LogP) is 14.9. The number of fused-ring (bicyclic) bond motifs is 3. The van der Waals surface area contributed by atoms with Gasteiger partial charge >= 0.3 is 0 Å². The van der Waals surface area contributed by atoms with Gasteiger partial charge in [-0.05, 0) is 113 Å². The summed E-state index contributed by atoms with van der Waals surface area (Å²) in [5, 5.41) is 7.75. The predicted molar refractivity (Wildman–Crippen MR) is 223 cm³/mol. The van der Waals surface area contributed by atoms with Crippen LogP contribution in [0.4, 0.5) is 0 Å². The van der Waals surface area contributed by atoms with Crippen molar-refractivity contribution in [3.05, 3.63) is 168 Å². The molecule has 0 fully saturated rings. The fourth-order valence-corrected chi connectivity index (χ4v) is 8.04. The average molecular weight is 659 g/mol. The van der Waals surface area contributed by atoms with Crippen molar-refractivity contribution in [1.29, 1.82) is 0 Å².